The number of benzene rings is 2. The van der Waals surface area contributed by atoms with Crippen LogP contribution in [0, 0.1) is 0 Å². The number of rotatable bonds is 7. The lowest BCUT2D eigenvalue weighted by Crippen LogP contribution is -2.36. The molecule has 1 aromatic heterocycles. The zero-order valence-corrected chi connectivity index (χ0v) is 16.9. The average molecular weight is 387 g/mol. The van der Waals surface area contributed by atoms with E-state index in [1.54, 1.807) is 30.5 Å². The Balaban J connectivity index is 1.80. The predicted octanol–water partition coefficient (Wildman–Crippen LogP) is 5.08. The van der Waals surface area contributed by atoms with E-state index in [4.69, 9.17) is 0 Å². The fourth-order valence-electron chi connectivity index (χ4n) is 3.03. The third kappa shape index (κ3) is 5.29. The van der Waals surface area contributed by atoms with Crippen molar-refractivity contribution < 1.29 is 9.59 Å². The van der Waals surface area contributed by atoms with Gasteiger partial charge in [-0.05, 0) is 50.6 Å². The van der Waals surface area contributed by atoms with Crippen LogP contribution in [0.3, 0.4) is 0 Å². The Kier molecular flexibility index (Phi) is 6.39. The molecular weight excluding hydrogens is 362 g/mol. The minimum Gasteiger partial charge on any atom is -0.340 e. The van der Waals surface area contributed by atoms with E-state index in [2.05, 4.69) is 10.3 Å². The number of carbonyl (C=O) groups is 2. The molecule has 0 spiro atoms. The monoisotopic (exact) mass is 387 g/mol. The Labute approximate surface area is 171 Å². The lowest BCUT2D eigenvalue weighted by molar-refractivity contribution is 0.0690. The number of hydrogen-bond donors (Lipinski definition) is 1. The van der Waals surface area contributed by atoms with E-state index in [1.165, 1.54) is 6.92 Å². The fraction of sp³-hybridized carbons (Fsp3) is 0.208. The molecule has 0 atom stereocenters. The highest BCUT2D eigenvalue weighted by molar-refractivity contribution is 5.96. The molecule has 148 valence electrons. The van der Waals surface area contributed by atoms with Gasteiger partial charge in [-0.2, -0.15) is 0 Å². The number of ketones is 1. The first-order valence-corrected chi connectivity index (χ1v) is 9.63. The van der Waals surface area contributed by atoms with Crippen LogP contribution in [0.5, 0.6) is 0 Å². The number of nitrogens with one attached hydrogen (secondary N) is 1. The van der Waals surface area contributed by atoms with Crippen molar-refractivity contribution in [3.8, 4) is 0 Å². The number of Topliss-reactive ketones (excluding diaryl/α,β-unsaturated/α-hetero) is 1. The summed E-state index contributed by atoms with van der Waals surface area (Å²) in [7, 11) is 0. The second-order valence-corrected chi connectivity index (χ2v) is 7.20. The molecule has 5 heteroatoms. The molecule has 0 saturated carbocycles. The molecule has 3 aromatic rings. The van der Waals surface area contributed by atoms with Crippen LogP contribution in [0.4, 0.5) is 11.5 Å². The topological polar surface area (TPSA) is 62.3 Å². The quantitative estimate of drug-likeness (QED) is 0.574. The highest BCUT2D eigenvalue weighted by Gasteiger charge is 2.19. The average Bonchev–Trinajstić information content (AvgIpc) is 2.72. The molecule has 0 radical (unpaired) electrons. The van der Waals surface area contributed by atoms with Gasteiger partial charge in [0.25, 0.3) is 5.91 Å². The smallest absolute Gasteiger partial charge is 0.254 e. The normalized spacial score (nSPS) is 10.6. The Hall–Kier alpha value is -3.47. The van der Waals surface area contributed by atoms with Crippen LogP contribution in [0.15, 0.2) is 72.9 Å². The maximum atomic E-state index is 13.2. The van der Waals surface area contributed by atoms with Crippen molar-refractivity contribution in [2.45, 2.75) is 33.4 Å². The first-order chi connectivity index (χ1) is 13.9. The molecule has 1 N–H and O–H groups in total. The van der Waals surface area contributed by atoms with Gasteiger partial charge in [-0.1, -0.05) is 42.5 Å². The third-order valence-electron chi connectivity index (χ3n) is 4.63. The fourth-order valence-corrected chi connectivity index (χ4v) is 3.03. The van der Waals surface area contributed by atoms with E-state index in [-0.39, 0.29) is 17.7 Å². The molecule has 5 nitrogen and oxygen atoms in total. The largest absolute Gasteiger partial charge is 0.340 e. The lowest BCUT2D eigenvalue weighted by Gasteiger charge is -2.27. The van der Waals surface area contributed by atoms with Gasteiger partial charge in [0.2, 0.25) is 0 Å². The van der Waals surface area contributed by atoms with E-state index in [0.717, 1.165) is 11.3 Å². The van der Waals surface area contributed by atoms with Gasteiger partial charge in [0, 0.05) is 35.6 Å². The molecule has 29 heavy (non-hydrogen) atoms. The molecule has 0 aliphatic carbocycles. The van der Waals surface area contributed by atoms with Gasteiger partial charge in [0.05, 0.1) is 0 Å². The van der Waals surface area contributed by atoms with Crippen LogP contribution in [-0.2, 0) is 6.54 Å². The van der Waals surface area contributed by atoms with Gasteiger partial charge in [-0.15, -0.1) is 0 Å². The maximum absolute atomic E-state index is 13.2. The number of nitrogens with zero attached hydrogens (tertiary/aromatic N) is 2. The predicted molar refractivity (Wildman–Crippen MR) is 115 cm³/mol. The maximum Gasteiger partial charge on any atom is 0.254 e. The van der Waals surface area contributed by atoms with Gasteiger partial charge < -0.3 is 10.2 Å². The molecule has 1 heterocycles. The molecule has 3 rings (SSSR count). The minimum atomic E-state index is -0.0493. The Morgan fingerprint density at radius 2 is 1.72 bits per heavy atom. The third-order valence-corrected chi connectivity index (χ3v) is 4.63. The molecule has 0 unspecified atom stereocenters. The number of hydrogen-bond acceptors (Lipinski definition) is 4. The Morgan fingerprint density at radius 1 is 0.966 bits per heavy atom. The molecule has 2 aromatic carbocycles. The number of carbonyl (C=O) groups excluding carboxylic acids is 2. The van der Waals surface area contributed by atoms with Gasteiger partial charge in [-0.25, -0.2) is 4.98 Å². The van der Waals surface area contributed by atoms with E-state index < -0.39 is 0 Å². The summed E-state index contributed by atoms with van der Waals surface area (Å²) in [5.41, 5.74) is 3.02. The summed E-state index contributed by atoms with van der Waals surface area (Å²) in [6.45, 7) is 6.09. The van der Waals surface area contributed by atoms with Gasteiger partial charge in [0.15, 0.2) is 5.78 Å². The molecule has 0 saturated heterocycles. The summed E-state index contributed by atoms with van der Waals surface area (Å²) >= 11 is 0. The lowest BCUT2D eigenvalue weighted by atomic mass is 10.1. The van der Waals surface area contributed by atoms with Crippen molar-refractivity contribution in [2.75, 3.05) is 5.32 Å². The summed E-state index contributed by atoms with van der Waals surface area (Å²) in [5.74, 6) is 0.505. The molecule has 0 aliphatic rings. The number of pyridine rings is 1. The van der Waals surface area contributed by atoms with Crippen molar-refractivity contribution in [3.05, 3.63) is 89.6 Å². The number of aromatic nitrogens is 1. The summed E-state index contributed by atoms with van der Waals surface area (Å²) in [6.07, 6.45) is 1.62. The highest BCUT2D eigenvalue weighted by Crippen LogP contribution is 2.19. The second kappa shape index (κ2) is 9.15. The van der Waals surface area contributed by atoms with Crippen molar-refractivity contribution in [1.82, 2.24) is 9.88 Å². The van der Waals surface area contributed by atoms with Gasteiger partial charge in [0.1, 0.15) is 5.82 Å². The van der Waals surface area contributed by atoms with Gasteiger partial charge in [-0.3, -0.25) is 9.59 Å². The van der Waals surface area contributed by atoms with Crippen LogP contribution >= 0.6 is 0 Å². The summed E-state index contributed by atoms with van der Waals surface area (Å²) in [6, 6.07) is 20.7. The van der Waals surface area contributed by atoms with E-state index in [1.807, 2.05) is 61.2 Å². The number of amides is 1. The van der Waals surface area contributed by atoms with Gasteiger partial charge >= 0.3 is 0 Å². The van der Waals surface area contributed by atoms with E-state index in [0.29, 0.717) is 23.5 Å². The standard InChI is InChI=1S/C24H25N3O2/c1-17(2)27(16-19-8-5-4-6-9-19)24(29)21-12-13-25-23(15-21)26-22-11-7-10-20(14-22)18(3)28/h4-15,17H,16H2,1-3H3,(H,25,26). The van der Waals surface area contributed by atoms with Crippen molar-refractivity contribution in [1.29, 1.82) is 0 Å². The van der Waals surface area contributed by atoms with E-state index in [9.17, 15) is 9.59 Å². The Bertz CT molecular complexity index is 1000. The molecule has 0 fully saturated rings. The summed E-state index contributed by atoms with van der Waals surface area (Å²) in [5, 5.41) is 3.18. The van der Waals surface area contributed by atoms with Crippen molar-refractivity contribution in [3.63, 3.8) is 0 Å². The first-order valence-electron chi connectivity index (χ1n) is 9.63. The SMILES string of the molecule is CC(=O)c1cccc(Nc2cc(C(=O)N(Cc3ccccc3)C(C)C)ccn2)c1. The second-order valence-electron chi connectivity index (χ2n) is 7.20. The molecule has 0 aliphatic heterocycles. The first kappa shape index (κ1) is 20.3. The van der Waals surface area contributed by atoms with Crippen LogP contribution in [0.2, 0.25) is 0 Å². The molecular formula is C24H25N3O2. The summed E-state index contributed by atoms with van der Waals surface area (Å²) < 4.78 is 0. The van der Waals surface area contributed by atoms with Crippen LogP contribution < -0.4 is 5.32 Å². The minimum absolute atomic E-state index is 0.000903. The van der Waals surface area contributed by atoms with Crippen LogP contribution in [0.25, 0.3) is 0 Å². The number of anilines is 2. The van der Waals surface area contributed by atoms with Crippen molar-refractivity contribution in [2.24, 2.45) is 0 Å². The molecule has 1 amide bonds. The van der Waals surface area contributed by atoms with Crippen LogP contribution in [-0.4, -0.2) is 27.6 Å². The highest BCUT2D eigenvalue weighted by atomic mass is 16.2. The zero-order valence-electron chi connectivity index (χ0n) is 16.9. The Morgan fingerprint density at radius 3 is 2.41 bits per heavy atom. The molecule has 0 bridgehead atoms. The van der Waals surface area contributed by atoms with E-state index >= 15 is 0 Å². The zero-order chi connectivity index (χ0) is 20.8. The summed E-state index contributed by atoms with van der Waals surface area (Å²) in [4.78, 5) is 30.9. The van der Waals surface area contributed by atoms with Crippen LogP contribution in [0.1, 0.15) is 47.1 Å². The van der Waals surface area contributed by atoms with Crippen molar-refractivity contribution >= 4 is 23.2 Å².